The molecule has 0 radical (unpaired) electrons. The third kappa shape index (κ3) is 12.7. The summed E-state index contributed by atoms with van der Waals surface area (Å²) in [4.78, 5) is 14.4. The molecule has 0 aliphatic rings. The summed E-state index contributed by atoms with van der Waals surface area (Å²) >= 11 is 0. The summed E-state index contributed by atoms with van der Waals surface area (Å²) in [6, 6.07) is 10.6. The molecule has 644 valence electrons. The van der Waals surface area contributed by atoms with Crippen molar-refractivity contribution in [2.45, 2.75) is 7.43 Å². The van der Waals surface area contributed by atoms with Gasteiger partial charge in [0.15, 0.2) is 17.5 Å². The van der Waals surface area contributed by atoms with Gasteiger partial charge in [-0.1, -0.05) is 358 Å². The number of rotatable bonds is 14. The second kappa shape index (κ2) is 32.0. The molecular formula is C130H81N5O3. The predicted molar refractivity (Wildman–Crippen MR) is 579 cm³/mol. The largest absolute Gasteiger partial charge is 0.456 e. The van der Waals surface area contributed by atoms with Crippen molar-refractivity contribution in [3.63, 3.8) is 0 Å². The number of hydrogen-bond acceptors (Lipinski definition) is 8. The Morgan fingerprint density at radius 1 is 0.188 bits per heavy atom. The SMILES string of the molecule is C.[2H]c1c([2H])c([2H])c(-c2c([2H])c([2H])c(N(c3c([2H])c([2H])c([2H])c([2H])c3[2H])c3c([2H])c([2H])c([2H])c(-c4cc5ccc6cccc7c8cccc9oc4c(c98)c5c67)c3[2H])c([2H])c2[2H])c([2H])c1[2H].[2H]c1c([2H])c([2H])c(-c2c([2H])c([2H])c(N(c3c([2H])c([2H])c([2H])c([2H])c3[2H])c3c([2H])c([2H])c([2H])c(-c4ccc5c6cccc7ccc8ccc9oc4c5c9c8c76)c3[2H])c([2H])c2[2H])c([2H])c1[2H].[2H]c1c([2H])c([2H])c(-c2nc(-c3c([2H])c([2H])c([2H])c([2H])c3[2H])nc(-c3c([2H])c([2H])c([2H])c(-c4ccc5oc6ccc7ccc8cccc9c4c5c6c7c89)c3[2H])n2)c([2H])c1[2H]. The molecule has 0 bridgehead atoms. The highest BCUT2D eigenvalue weighted by molar-refractivity contribution is 6.44. The van der Waals surface area contributed by atoms with Crippen molar-refractivity contribution in [3.05, 3.63) is 466 Å². The third-order valence-corrected chi connectivity index (χ3v) is 24.7. The number of para-hydroxylation sites is 2. The van der Waals surface area contributed by atoms with Crippen LogP contribution in [0.2, 0.25) is 0 Å². The molecule has 0 saturated carbocycles. The Hall–Kier alpha value is -18.4. The monoisotopic (exact) mass is 1810 g/mol. The van der Waals surface area contributed by atoms with Crippen LogP contribution in [-0.4, -0.2) is 15.0 Å². The molecule has 138 heavy (non-hydrogen) atoms. The van der Waals surface area contributed by atoms with Gasteiger partial charge in [-0.25, -0.2) is 15.0 Å². The second-order valence-corrected chi connectivity index (χ2v) is 32.0. The van der Waals surface area contributed by atoms with Crippen molar-refractivity contribution in [2.24, 2.45) is 0 Å². The molecule has 0 unspecified atom stereocenters. The van der Waals surface area contributed by atoms with Gasteiger partial charge in [0.1, 0.15) is 33.5 Å². The average Bonchev–Trinajstić information content (AvgIpc) is 1.52. The van der Waals surface area contributed by atoms with E-state index in [1.54, 1.807) is 42.5 Å². The minimum atomic E-state index is -1.01. The fraction of sp³-hybridized carbons (Fsp3) is 0.00769. The van der Waals surface area contributed by atoms with Crippen molar-refractivity contribution < 1.29 is 81.8 Å². The Morgan fingerprint density at radius 3 is 1.04 bits per heavy atom. The zero-order chi connectivity index (χ0) is 133. The average molecular weight is 1810 g/mol. The lowest BCUT2D eigenvalue weighted by Crippen LogP contribution is -2.09. The van der Waals surface area contributed by atoms with Crippen LogP contribution in [0, 0.1) is 0 Å². The molecular weight excluding hydrogens is 1680 g/mol. The van der Waals surface area contributed by atoms with Crippen LogP contribution >= 0.6 is 0 Å². The van der Waals surface area contributed by atoms with Gasteiger partial charge < -0.3 is 23.1 Å². The molecule has 4 heterocycles. The minimum Gasteiger partial charge on any atom is -0.456 e. The first kappa shape index (κ1) is 44.0. The molecule has 4 aromatic heterocycles. The van der Waals surface area contributed by atoms with Crippen molar-refractivity contribution in [1.82, 2.24) is 15.0 Å². The highest BCUT2D eigenvalue weighted by atomic mass is 16.3. The lowest BCUT2D eigenvalue weighted by molar-refractivity contribution is 0.669. The molecule has 0 atom stereocenters. The predicted octanol–water partition coefficient (Wildman–Crippen LogP) is 36.9. The van der Waals surface area contributed by atoms with Crippen molar-refractivity contribution in [2.75, 3.05) is 9.80 Å². The lowest BCUT2D eigenvalue weighted by Gasteiger charge is -2.26. The van der Waals surface area contributed by atoms with Gasteiger partial charge in [0.2, 0.25) is 0 Å². The van der Waals surface area contributed by atoms with E-state index in [4.69, 9.17) is 64.0 Å². The first-order chi connectivity index (χ1) is 88.7. The van der Waals surface area contributed by atoms with Crippen LogP contribution in [0.25, 0.3) is 253 Å². The quantitative estimate of drug-likeness (QED) is 0.0786. The van der Waals surface area contributed by atoms with Gasteiger partial charge in [-0.2, -0.15) is 0 Å². The number of benzene rings is 26. The van der Waals surface area contributed by atoms with E-state index < -0.39 is 393 Å². The van der Waals surface area contributed by atoms with Crippen LogP contribution in [0.4, 0.5) is 34.1 Å². The zero-order valence-corrected chi connectivity index (χ0v) is 70.0. The number of furan rings is 3. The molecule has 0 aliphatic carbocycles. The number of hydrogen-bond donors (Lipinski definition) is 0. The highest BCUT2D eigenvalue weighted by Crippen LogP contribution is 2.55. The number of aromatic nitrogens is 3. The fourth-order valence-corrected chi connectivity index (χ4v) is 19.1. The van der Waals surface area contributed by atoms with E-state index in [-0.39, 0.29) is 46.4 Å². The van der Waals surface area contributed by atoms with Crippen LogP contribution in [0.3, 0.4) is 0 Å². The molecule has 0 aliphatic heterocycles. The van der Waals surface area contributed by atoms with E-state index in [1.165, 1.54) is 0 Å². The maximum Gasteiger partial charge on any atom is 0.164 e. The van der Waals surface area contributed by atoms with E-state index in [1.807, 2.05) is 121 Å². The summed E-state index contributed by atoms with van der Waals surface area (Å²) in [7, 11) is 0. The standard InChI is InChI=1S/2C44H27NO.C41H23N3O.CH4/c1-3-10-28(11-4-1)29-22-24-34(25-23-29)45(33-14-5-2-6-15-33)35-16-7-13-31(26-35)38-27-32-21-20-30-12-8-17-36-37-18-9-19-39-42(37)43(44(38)46-39)41(32)40(30)36;1-3-9-28(10-4-1)29-19-22-34(23-20-29)45(33-13-5-2-6-14-33)35-15-7-12-32(27-35)36-24-25-38-37-16-8-11-30-17-18-31-21-26-39-43(41(31)40(30)37)42(38)44(36)46-39;1-3-9-26(10-4-1)39-42-40(27-11-5-2-6-12-27)44-41(43-39)29-15-7-14-28(23-29)30-20-22-33-38-36(30)31-16-8-13-24-17-18-25-19-21-32(45-33)37(38)35(25)34(24)31;/h2*1-27H;1-23H;1H4/i1D,2D,3D,4D,5D,6D,7D,10D,11D,13D,14D,15D,16D,22D,23D,24D,25D,26D;1D,2D,3D,4D,5D,6D,7D,9D,10D,12D,13D,14D,15D,19D,20D,22D,23D,27D;1D,2D,3D,4D,5D,6D,7D,9D,10D,11D,12D,14D,15D,23D;. The molecule has 0 N–H and O–H groups in total. The fourth-order valence-electron chi connectivity index (χ4n) is 19.1. The Bertz CT molecular complexity index is 12900. The Morgan fingerprint density at radius 2 is 0.514 bits per heavy atom. The van der Waals surface area contributed by atoms with Gasteiger partial charge in [0, 0.05) is 116 Å². The molecule has 0 amide bonds. The minimum absolute atomic E-state index is 0. The van der Waals surface area contributed by atoms with Crippen molar-refractivity contribution in [1.29, 1.82) is 0 Å². The van der Waals surface area contributed by atoms with Gasteiger partial charge >= 0.3 is 0 Å². The zero-order valence-electron chi connectivity index (χ0n) is 120. The molecule has 0 spiro atoms. The summed E-state index contributed by atoms with van der Waals surface area (Å²) in [5.41, 5.74) is -6.47. The Kier molecular flexibility index (Phi) is 10.2. The summed E-state index contributed by atoms with van der Waals surface area (Å²) in [5, 5.41) is 20.6. The van der Waals surface area contributed by atoms with Crippen LogP contribution in [0.5, 0.6) is 0 Å². The number of nitrogens with zero attached hydrogens (tertiary/aromatic N) is 5. The first-order valence-electron chi connectivity index (χ1n) is 67.6. The van der Waals surface area contributed by atoms with Crippen LogP contribution in [0.15, 0.2) is 479 Å². The van der Waals surface area contributed by atoms with E-state index >= 15 is 0 Å². The molecule has 30 aromatic rings. The molecule has 30 rings (SSSR count). The number of anilines is 6. The van der Waals surface area contributed by atoms with E-state index in [0.29, 0.717) is 59.2 Å². The van der Waals surface area contributed by atoms with Gasteiger partial charge in [-0.3, -0.25) is 0 Å². The number of fused-ring (bicyclic) bond motifs is 3. The van der Waals surface area contributed by atoms with Crippen molar-refractivity contribution in [3.8, 4) is 89.8 Å². The summed E-state index contributed by atoms with van der Waals surface area (Å²) < 4.78 is 460. The Labute approximate surface area is 864 Å². The molecule has 8 nitrogen and oxygen atoms in total. The van der Waals surface area contributed by atoms with Gasteiger partial charge in [0.05, 0.1) is 68.5 Å². The van der Waals surface area contributed by atoms with Crippen LogP contribution in [-0.2, 0) is 0 Å². The van der Waals surface area contributed by atoms with Gasteiger partial charge in [0.25, 0.3) is 0 Å². The summed E-state index contributed by atoms with van der Waals surface area (Å²) in [6.45, 7) is 0. The summed E-state index contributed by atoms with van der Waals surface area (Å²) in [6.07, 6.45) is 0. The molecule has 0 fully saturated rings. The molecule has 0 saturated heterocycles. The highest BCUT2D eigenvalue weighted by Gasteiger charge is 2.29. The van der Waals surface area contributed by atoms with Crippen molar-refractivity contribution >= 4 is 197 Å². The second-order valence-electron chi connectivity index (χ2n) is 32.0. The third-order valence-electron chi connectivity index (χ3n) is 24.7. The van der Waals surface area contributed by atoms with E-state index in [0.717, 1.165) is 108 Å². The molecule has 26 aromatic carbocycles. The summed E-state index contributed by atoms with van der Waals surface area (Å²) in [5.74, 6) is -1.69. The van der Waals surface area contributed by atoms with E-state index in [9.17, 15) is 17.8 Å². The maximum atomic E-state index is 9.90. The molecule has 8 heteroatoms. The van der Waals surface area contributed by atoms with Gasteiger partial charge in [-0.15, -0.1) is 0 Å². The van der Waals surface area contributed by atoms with Crippen LogP contribution < -0.4 is 9.80 Å². The first-order valence-corrected chi connectivity index (χ1v) is 42.6. The van der Waals surface area contributed by atoms with Gasteiger partial charge in [-0.05, 0) is 235 Å². The smallest absolute Gasteiger partial charge is 0.164 e. The lowest BCUT2D eigenvalue weighted by atomic mass is 9.86. The maximum absolute atomic E-state index is 9.90. The van der Waals surface area contributed by atoms with E-state index in [2.05, 4.69) is 15.0 Å². The topological polar surface area (TPSA) is 84.6 Å². The van der Waals surface area contributed by atoms with Crippen LogP contribution in [0.1, 0.15) is 76.0 Å². The normalized spacial score (nSPS) is 16.9. The Balaban J connectivity index is 0.000000130.